The standard InChI is InChI=1S/C26H28ClNO9/c1-5-33-20-9-6-17(7-10-20)12-19-13-18(8-11-21(19)27)22-23(34-14(2)29)24(35-15(3)30)25(36-16(4)31)26(28-32)37-22/h6-11,13,22-25,32H,5,12H2,1-4H3/t22-,23-,24+,25-/m0/s1. The van der Waals surface area contributed by atoms with E-state index in [1.807, 2.05) is 31.2 Å². The van der Waals surface area contributed by atoms with Gasteiger partial charge in [0.25, 0.3) is 5.90 Å². The number of hydrogen-bond acceptors (Lipinski definition) is 10. The SMILES string of the molecule is CCOc1ccc(Cc2cc([C@@H]3OC(=NO)[C@@H](OC(C)=O)[C@H](OC(C)=O)[C@H]3OC(C)=O)ccc2Cl)cc1. The first-order valence-electron chi connectivity index (χ1n) is 11.5. The van der Waals surface area contributed by atoms with Crippen molar-refractivity contribution in [2.45, 2.75) is 58.5 Å². The van der Waals surface area contributed by atoms with Crippen molar-refractivity contribution in [3.05, 3.63) is 64.2 Å². The summed E-state index contributed by atoms with van der Waals surface area (Å²) >= 11 is 6.48. The second-order valence-electron chi connectivity index (χ2n) is 8.26. The van der Waals surface area contributed by atoms with E-state index >= 15 is 0 Å². The van der Waals surface area contributed by atoms with Crippen LogP contribution in [0.25, 0.3) is 0 Å². The third-order valence-corrected chi connectivity index (χ3v) is 5.80. The summed E-state index contributed by atoms with van der Waals surface area (Å²) in [5, 5.41) is 13.2. The highest BCUT2D eigenvalue weighted by atomic mass is 35.5. The Labute approximate surface area is 219 Å². The summed E-state index contributed by atoms with van der Waals surface area (Å²) in [5.41, 5.74) is 2.20. The van der Waals surface area contributed by atoms with Crippen LogP contribution in [0.5, 0.6) is 5.75 Å². The number of oxime groups is 1. The van der Waals surface area contributed by atoms with Gasteiger partial charge in [-0.25, -0.2) is 0 Å². The van der Waals surface area contributed by atoms with E-state index in [4.69, 9.17) is 35.3 Å². The van der Waals surface area contributed by atoms with Gasteiger partial charge >= 0.3 is 17.9 Å². The number of benzene rings is 2. The van der Waals surface area contributed by atoms with E-state index in [0.29, 0.717) is 23.6 Å². The fourth-order valence-corrected chi connectivity index (χ4v) is 4.21. The molecule has 37 heavy (non-hydrogen) atoms. The van der Waals surface area contributed by atoms with Gasteiger partial charge in [0.05, 0.1) is 6.61 Å². The highest BCUT2D eigenvalue weighted by molar-refractivity contribution is 6.31. The van der Waals surface area contributed by atoms with Gasteiger partial charge in [-0.15, -0.1) is 0 Å². The number of carbonyl (C=O) groups is 3. The Balaban J connectivity index is 2.01. The lowest BCUT2D eigenvalue weighted by molar-refractivity contribution is -0.197. The zero-order chi connectivity index (χ0) is 27.1. The topological polar surface area (TPSA) is 130 Å². The molecule has 0 radical (unpaired) electrons. The van der Waals surface area contributed by atoms with Crippen molar-refractivity contribution in [3.8, 4) is 5.75 Å². The predicted octanol–water partition coefficient (Wildman–Crippen LogP) is 3.98. The maximum atomic E-state index is 12.0. The van der Waals surface area contributed by atoms with Crippen molar-refractivity contribution in [1.29, 1.82) is 0 Å². The molecule has 0 spiro atoms. The molecule has 1 aliphatic heterocycles. The Morgan fingerprint density at radius 3 is 2.14 bits per heavy atom. The van der Waals surface area contributed by atoms with Crippen molar-refractivity contribution in [2.24, 2.45) is 5.16 Å². The van der Waals surface area contributed by atoms with E-state index in [-0.39, 0.29) is 0 Å². The van der Waals surface area contributed by atoms with Crippen LogP contribution in [-0.2, 0) is 39.8 Å². The number of ether oxygens (including phenoxy) is 5. The Morgan fingerprint density at radius 1 is 0.946 bits per heavy atom. The fraction of sp³-hybridized carbons (Fsp3) is 0.385. The van der Waals surface area contributed by atoms with Gasteiger partial charge in [0.1, 0.15) is 5.75 Å². The van der Waals surface area contributed by atoms with Crippen molar-refractivity contribution in [3.63, 3.8) is 0 Å². The molecule has 1 fully saturated rings. The van der Waals surface area contributed by atoms with Crippen LogP contribution in [0.4, 0.5) is 0 Å². The average Bonchev–Trinajstić information content (AvgIpc) is 2.83. The lowest BCUT2D eigenvalue weighted by Crippen LogP contribution is -2.56. The van der Waals surface area contributed by atoms with Crippen LogP contribution in [0.1, 0.15) is 50.5 Å². The molecule has 0 saturated carbocycles. The number of nitrogens with zero attached hydrogens (tertiary/aromatic N) is 1. The molecule has 1 saturated heterocycles. The van der Waals surface area contributed by atoms with Crippen LogP contribution in [0, 0.1) is 0 Å². The Hall–Kier alpha value is -3.79. The van der Waals surface area contributed by atoms with Crippen LogP contribution in [0.3, 0.4) is 0 Å². The summed E-state index contributed by atoms with van der Waals surface area (Å²) in [4.78, 5) is 35.6. The van der Waals surface area contributed by atoms with Crippen LogP contribution < -0.4 is 4.74 Å². The van der Waals surface area contributed by atoms with Gasteiger partial charge in [-0.2, -0.15) is 0 Å². The third kappa shape index (κ3) is 7.13. The van der Waals surface area contributed by atoms with Crippen molar-refractivity contribution in [2.75, 3.05) is 6.61 Å². The van der Waals surface area contributed by atoms with Crippen LogP contribution in [0.2, 0.25) is 5.02 Å². The minimum Gasteiger partial charge on any atom is -0.494 e. The van der Waals surface area contributed by atoms with Gasteiger partial charge in [-0.3, -0.25) is 14.4 Å². The zero-order valence-corrected chi connectivity index (χ0v) is 21.6. The largest absolute Gasteiger partial charge is 0.494 e. The van der Waals surface area contributed by atoms with Crippen LogP contribution in [0.15, 0.2) is 47.6 Å². The second-order valence-corrected chi connectivity index (χ2v) is 8.67. The number of halogens is 1. The zero-order valence-electron chi connectivity index (χ0n) is 20.8. The molecule has 0 bridgehead atoms. The second kappa shape index (κ2) is 12.4. The number of esters is 3. The average molecular weight is 534 g/mol. The minimum atomic E-state index is -1.44. The molecule has 4 atom stereocenters. The maximum Gasteiger partial charge on any atom is 0.303 e. The maximum absolute atomic E-state index is 12.0. The summed E-state index contributed by atoms with van der Waals surface area (Å²) in [7, 11) is 0. The summed E-state index contributed by atoms with van der Waals surface area (Å²) in [6.07, 6.45) is -4.64. The summed E-state index contributed by atoms with van der Waals surface area (Å²) in [6, 6.07) is 12.6. The van der Waals surface area contributed by atoms with Gasteiger partial charge in [0.15, 0.2) is 18.3 Å². The Morgan fingerprint density at radius 2 is 1.57 bits per heavy atom. The molecule has 0 aromatic heterocycles. The van der Waals surface area contributed by atoms with E-state index in [9.17, 15) is 19.6 Å². The smallest absolute Gasteiger partial charge is 0.303 e. The molecule has 0 unspecified atom stereocenters. The number of carbonyl (C=O) groups excluding carboxylic acids is 3. The Bertz CT molecular complexity index is 1170. The van der Waals surface area contributed by atoms with Crippen molar-refractivity contribution < 1.29 is 43.3 Å². The predicted molar refractivity (Wildman–Crippen MR) is 132 cm³/mol. The molecule has 1 N–H and O–H groups in total. The summed E-state index contributed by atoms with van der Waals surface area (Å²) < 4.78 is 27.4. The van der Waals surface area contributed by atoms with Gasteiger partial charge in [-0.05, 0) is 48.2 Å². The molecule has 2 aromatic rings. The van der Waals surface area contributed by atoms with E-state index in [1.54, 1.807) is 18.2 Å². The van der Waals surface area contributed by atoms with E-state index in [0.717, 1.165) is 30.7 Å². The van der Waals surface area contributed by atoms with E-state index in [2.05, 4.69) is 5.16 Å². The third-order valence-electron chi connectivity index (χ3n) is 5.43. The normalized spacial score (nSPS) is 22.0. The molecule has 2 aromatic carbocycles. The summed E-state index contributed by atoms with van der Waals surface area (Å²) in [6.45, 7) is 5.91. The lowest BCUT2D eigenvalue weighted by Gasteiger charge is -2.40. The van der Waals surface area contributed by atoms with Gasteiger partial charge < -0.3 is 28.9 Å². The summed E-state index contributed by atoms with van der Waals surface area (Å²) in [5.74, 6) is -1.84. The van der Waals surface area contributed by atoms with Gasteiger partial charge in [0, 0.05) is 25.8 Å². The van der Waals surface area contributed by atoms with Gasteiger partial charge in [0.2, 0.25) is 6.10 Å². The molecule has 10 nitrogen and oxygen atoms in total. The first kappa shape index (κ1) is 27.8. The first-order chi connectivity index (χ1) is 17.6. The lowest BCUT2D eigenvalue weighted by atomic mass is 9.91. The minimum absolute atomic E-state index is 0.419. The molecule has 1 heterocycles. The van der Waals surface area contributed by atoms with Crippen LogP contribution in [-0.4, -0.2) is 53.9 Å². The highest BCUT2D eigenvalue weighted by Crippen LogP contribution is 2.37. The number of hydrogen-bond donors (Lipinski definition) is 1. The molecule has 3 rings (SSSR count). The molecule has 198 valence electrons. The Kier molecular flexibility index (Phi) is 9.35. The van der Waals surface area contributed by atoms with Crippen molar-refractivity contribution in [1.82, 2.24) is 0 Å². The van der Waals surface area contributed by atoms with E-state index in [1.165, 1.54) is 6.92 Å². The monoisotopic (exact) mass is 533 g/mol. The van der Waals surface area contributed by atoms with Crippen LogP contribution >= 0.6 is 11.6 Å². The fourth-order valence-electron chi connectivity index (χ4n) is 4.02. The molecule has 0 amide bonds. The molecular weight excluding hydrogens is 506 g/mol. The quantitative estimate of drug-likeness (QED) is 0.232. The van der Waals surface area contributed by atoms with Gasteiger partial charge in [-0.1, -0.05) is 41.0 Å². The molecule has 11 heteroatoms. The number of rotatable bonds is 8. The first-order valence-corrected chi connectivity index (χ1v) is 11.9. The van der Waals surface area contributed by atoms with E-state index < -0.39 is 48.2 Å². The molecule has 0 aliphatic carbocycles. The molecule has 1 aliphatic rings. The highest BCUT2D eigenvalue weighted by Gasteiger charge is 2.52. The molecular formula is C26H28ClNO9. The van der Waals surface area contributed by atoms with Crippen molar-refractivity contribution >= 4 is 35.4 Å².